The number of hydrogen-bond acceptors (Lipinski definition) is 3. The molecule has 0 radical (unpaired) electrons. The van der Waals surface area contributed by atoms with Crippen LogP contribution in [0.4, 0.5) is 0 Å². The van der Waals surface area contributed by atoms with E-state index in [1.54, 1.807) is 7.11 Å². The molecule has 0 fully saturated rings. The van der Waals surface area contributed by atoms with Gasteiger partial charge in [0.25, 0.3) is 0 Å². The van der Waals surface area contributed by atoms with Crippen LogP contribution in [0.1, 0.15) is 42.1 Å². The quantitative estimate of drug-likeness (QED) is 0.270. The molecule has 0 saturated heterocycles. The molecule has 0 aliphatic carbocycles. The number of carboxylic acid groups (broad SMARTS) is 1. The maximum Gasteiger partial charge on any atom is 0.305 e. The van der Waals surface area contributed by atoms with E-state index in [1.165, 1.54) is 0 Å². The smallest absolute Gasteiger partial charge is 0.305 e. The molecule has 0 aliphatic rings. The lowest BCUT2D eigenvalue weighted by Crippen LogP contribution is -2.32. The molecule has 4 heteroatoms. The number of nitrogens with zero attached hydrogens (tertiary/aromatic N) is 1. The van der Waals surface area contributed by atoms with Gasteiger partial charge in [-0.1, -0.05) is 97.1 Å². The van der Waals surface area contributed by atoms with Crippen molar-refractivity contribution in [3.8, 4) is 16.9 Å². The molecule has 2 unspecified atom stereocenters. The highest BCUT2D eigenvalue weighted by atomic mass is 16.5. The van der Waals surface area contributed by atoms with Crippen LogP contribution in [0.5, 0.6) is 5.75 Å². The SMILES string of the molecule is COc1ccc(C(CC(=O)O)N(Cc2ccccc2)C(C)c2ccccc2)cc1-c1ccccc1. The average molecular weight is 466 g/mol. The van der Waals surface area contributed by atoms with Gasteiger partial charge in [0.05, 0.1) is 13.5 Å². The van der Waals surface area contributed by atoms with Crippen molar-refractivity contribution in [3.63, 3.8) is 0 Å². The number of hydrogen-bond donors (Lipinski definition) is 1. The molecule has 178 valence electrons. The molecule has 4 aromatic rings. The number of methoxy groups -OCH3 is 1. The van der Waals surface area contributed by atoms with E-state index in [1.807, 2.05) is 78.9 Å². The van der Waals surface area contributed by atoms with E-state index in [4.69, 9.17) is 4.74 Å². The minimum Gasteiger partial charge on any atom is -0.496 e. The Morgan fingerprint density at radius 2 is 1.43 bits per heavy atom. The van der Waals surface area contributed by atoms with Gasteiger partial charge in [0, 0.05) is 24.2 Å². The molecule has 0 aromatic heterocycles. The number of rotatable bonds is 10. The van der Waals surface area contributed by atoms with Gasteiger partial charge in [0.15, 0.2) is 0 Å². The molecule has 2 atom stereocenters. The highest BCUT2D eigenvalue weighted by molar-refractivity contribution is 5.72. The summed E-state index contributed by atoms with van der Waals surface area (Å²) in [6, 6.07) is 36.2. The zero-order chi connectivity index (χ0) is 24.6. The van der Waals surface area contributed by atoms with Gasteiger partial charge in [-0.05, 0) is 41.3 Å². The summed E-state index contributed by atoms with van der Waals surface area (Å²) < 4.78 is 5.66. The molecule has 0 heterocycles. The number of benzene rings is 4. The highest BCUT2D eigenvalue weighted by Gasteiger charge is 2.29. The van der Waals surface area contributed by atoms with Gasteiger partial charge in [-0.3, -0.25) is 9.69 Å². The summed E-state index contributed by atoms with van der Waals surface area (Å²) in [4.78, 5) is 14.4. The van der Waals surface area contributed by atoms with Crippen molar-refractivity contribution >= 4 is 5.97 Å². The minimum absolute atomic E-state index is 0.00281. The Labute approximate surface area is 207 Å². The number of ether oxygens (including phenoxy) is 1. The van der Waals surface area contributed by atoms with E-state index in [9.17, 15) is 9.90 Å². The number of aliphatic carboxylic acids is 1. The summed E-state index contributed by atoms with van der Waals surface area (Å²) in [6.45, 7) is 2.77. The van der Waals surface area contributed by atoms with Crippen LogP contribution in [0.2, 0.25) is 0 Å². The van der Waals surface area contributed by atoms with Gasteiger partial charge >= 0.3 is 5.97 Å². The fourth-order valence-electron chi connectivity index (χ4n) is 4.60. The maximum atomic E-state index is 12.1. The van der Waals surface area contributed by atoms with Crippen molar-refractivity contribution in [1.29, 1.82) is 0 Å². The van der Waals surface area contributed by atoms with Gasteiger partial charge in [-0.2, -0.15) is 0 Å². The molecule has 35 heavy (non-hydrogen) atoms. The zero-order valence-electron chi connectivity index (χ0n) is 20.2. The topological polar surface area (TPSA) is 49.8 Å². The van der Waals surface area contributed by atoms with Crippen LogP contribution in [-0.4, -0.2) is 23.1 Å². The summed E-state index contributed by atoms with van der Waals surface area (Å²) in [5.41, 5.74) is 5.22. The van der Waals surface area contributed by atoms with Gasteiger partial charge in [0.1, 0.15) is 5.75 Å². The molecule has 0 bridgehead atoms. The van der Waals surface area contributed by atoms with Crippen molar-refractivity contribution in [2.45, 2.75) is 32.0 Å². The Balaban J connectivity index is 1.82. The Morgan fingerprint density at radius 3 is 2.03 bits per heavy atom. The Kier molecular flexibility index (Phi) is 7.96. The molecule has 0 saturated carbocycles. The van der Waals surface area contributed by atoms with Crippen molar-refractivity contribution in [2.24, 2.45) is 0 Å². The molecule has 4 nitrogen and oxygen atoms in total. The Hall–Kier alpha value is -3.89. The summed E-state index contributed by atoms with van der Waals surface area (Å²) >= 11 is 0. The summed E-state index contributed by atoms with van der Waals surface area (Å²) in [5, 5.41) is 9.95. The second-order valence-corrected chi connectivity index (χ2v) is 8.68. The van der Waals surface area contributed by atoms with Crippen molar-refractivity contribution < 1.29 is 14.6 Å². The van der Waals surface area contributed by atoms with E-state index < -0.39 is 5.97 Å². The van der Waals surface area contributed by atoms with E-state index in [0.717, 1.165) is 33.6 Å². The highest BCUT2D eigenvalue weighted by Crippen LogP contribution is 2.38. The van der Waals surface area contributed by atoms with E-state index in [0.29, 0.717) is 6.54 Å². The largest absolute Gasteiger partial charge is 0.496 e. The third-order valence-corrected chi connectivity index (χ3v) is 6.45. The molecule has 4 rings (SSSR count). The van der Waals surface area contributed by atoms with Crippen LogP contribution in [-0.2, 0) is 11.3 Å². The first kappa shape index (κ1) is 24.2. The minimum atomic E-state index is -0.828. The summed E-state index contributed by atoms with van der Waals surface area (Å²) in [6.07, 6.45) is -0.00936. The van der Waals surface area contributed by atoms with Gasteiger partial charge < -0.3 is 9.84 Å². The van der Waals surface area contributed by atoms with E-state index in [-0.39, 0.29) is 18.5 Å². The standard InChI is InChI=1S/C31H31NO3/c1-23(25-14-8-4-9-15-25)32(22-24-12-6-3-7-13-24)29(21-31(33)34)27-18-19-30(35-2)28(20-27)26-16-10-5-11-17-26/h3-20,23,29H,21-22H2,1-2H3,(H,33,34). The molecule has 1 N–H and O–H groups in total. The molecule has 4 aromatic carbocycles. The molecular weight excluding hydrogens is 434 g/mol. The van der Waals surface area contributed by atoms with Crippen LogP contribution < -0.4 is 4.74 Å². The number of carbonyl (C=O) groups is 1. The van der Waals surface area contributed by atoms with Crippen LogP contribution in [0.3, 0.4) is 0 Å². The van der Waals surface area contributed by atoms with E-state index >= 15 is 0 Å². The van der Waals surface area contributed by atoms with Gasteiger partial charge in [-0.15, -0.1) is 0 Å². The number of carboxylic acids is 1. The first-order chi connectivity index (χ1) is 17.1. The third kappa shape index (κ3) is 5.97. The summed E-state index contributed by atoms with van der Waals surface area (Å²) in [7, 11) is 1.66. The lowest BCUT2D eigenvalue weighted by Gasteiger charge is -2.37. The lowest BCUT2D eigenvalue weighted by molar-refractivity contribution is -0.138. The molecule has 0 amide bonds. The van der Waals surface area contributed by atoms with E-state index in [2.05, 4.69) is 42.2 Å². The van der Waals surface area contributed by atoms with Crippen LogP contribution in [0, 0.1) is 0 Å². The Morgan fingerprint density at radius 1 is 0.829 bits per heavy atom. The fourth-order valence-corrected chi connectivity index (χ4v) is 4.60. The average Bonchev–Trinajstić information content (AvgIpc) is 2.91. The van der Waals surface area contributed by atoms with Crippen LogP contribution >= 0.6 is 0 Å². The van der Waals surface area contributed by atoms with Crippen molar-refractivity contribution in [1.82, 2.24) is 4.90 Å². The van der Waals surface area contributed by atoms with Gasteiger partial charge in [-0.25, -0.2) is 0 Å². The predicted molar refractivity (Wildman–Crippen MR) is 140 cm³/mol. The predicted octanol–water partition coefficient (Wildman–Crippen LogP) is 7.14. The second kappa shape index (κ2) is 11.5. The lowest BCUT2D eigenvalue weighted by atomic mass is 9.93. The van der Waals surface area contributed by atoms with Gasteiger partial charge in [0.2, 0.25) is 0 Å². The van der Waals surface area contributed by atoms with Crippen molar-refractivity contribution in [2.75, 3.05) is 7.11 Å². The normalized spacial score (nSPS) is 12.8. The first-order valence-corrected chi connectivity index (χ1v) is 11.9. The van der Waals surface area contributed by atoms with Crippen LogP contribution in [0.15, 0.2) is 109 Å². The third-order valence-electron chi connectivity index (χ3n) is 6.45. The molecular formula is C31H31NO3. The maximum absolute atomic E-state index is 12.1. The zero-order valence-corrected chi connectivity index (χ0v) is 20.2. The van der Waals surface area contributed by atoms with Crippen LogP contribution in [0.25, 0.3) is 11.1 Å². The van der Waals surface area contributed by atoms with Crippen molar-refractivity contribution in [3.05, 3.63) is 126 Å². The second-order valence-electron chi connectivity index (χ2n) is 8.68. The molecule has 0 aliphatic heterocycles. The molecule has 0 spiro atoms. The first-order valence-electron chi connectivity index (χ1n) is 11.9. The fraction of sp³-hybridized carbons (Fsp3) is 0.194. The monoisotopic (exact) mass is 465 g/mol. The summed E-state index contributed by atoms with van der Waals surface area (Å²) in [5.74, 6) is -0.0647. The Bertz CT molecular complexity index is 1230.